The summed E-state index contributed by atoms with van der Waals surface area (Å²) in [5.41, 5.74) is 6.78. The average molecular weight is 351 g/mol. The molecule has 2 aromatic carbocycles. The summed E-state index contributed by atoms with van der Waals surface area (Å²) >= 11 is 0. The minimum Gasteiger partial charge on any atom is -0.497 e. The van der Waals surface area contributed by atoms with Gasteiger partial charge in [-0.2, -0.15) is 13.6 Å². The van der Waals surface area contributed by atoms with Crippen LogP contribution in [0, 0.1) is 6.92 Å². The lowest BCUT2D eigenvalue weighted by molar-refractivity contribution is 0.256. The number of anilines is 2. The largest absolute Gasteiger partial charge is 0.497 e. The minimum absolute atomic E-state index is 0.117. The SMILES string of the molecule is COc1ccc(N(C(N)=O)c2ccccc2OS(N)(=O)=O)c(C)c1. The van der Waals surface area contributed by atoms with E-state index in [-0.39, 0.29) is 11.4 Å². The molecule has 24 heavy (non-hydrogen) atoms. The second-order valence-electron chi connectivity index (χ2n) is 4.87. The maximum atomic E-state index is 12.0. The highest BCUT2D eigenvalue weighted by Crippen LogP contribution is 2.36. The Balaban J connectivity index is 2.60. The topological polar surface area (TPSA) is 125 Å². The lowest BCUT2D eigenvalue weighted by Crippen LogP contribution is -2.32. The number of urea groups is 1. The molecule has 2 amide bonds. The summed E-state index contributed by atoms with van der Waals surface area (Å²) < 4.78 is 32.3. The third kappa shape index (κ3) is 3.94. The molecule has 0 aliphatic heterocycles. The Morgan fingerprint density at radius 1 is 1.12 bits per heavy atom. The summed E-state index contributed by atoms with van der Waals surface area (Å²) in [7, 11) is -2.74. The van der Waals surface area contributed by atoms with Crippen molar-refractivity contribution >= 4 is 27.7 Å². The molecule has 0 aromatic heterocycles. The van der Waals surface area contributed by atoms with E-state index in [1.165, 1.54) is 19.2 Å². The second kappa shape index (κ2) is 6.77. The van der Waals surface area contributed by atoms with E-state index < -0.39 is 16.3 Å². The third-order valence-electron chi connectivity index (χ3n) is 3.18. The number of ether oxygens (including phenoxy) is 1. The van der Waals surface area contributed by atoms with Crippen molar-refractivity contribution in [2.75, 3.05) is 12.0 Å². The van der Waals surface area contributed by atoms with Crippen LogP contribution in [0.4, 0.5) is 16.2 Å². The minimum atomic E-state index is -4.26. The van der Waals surface area contributed by atoms with Crippen LogP contribution in [0.15, 0.2) is 42.5 Å². The van der Waals surface area contributed by atoms with Crippen molar-refractivity contribution < 1.29 is 22.1 Å². The van der Waals surface area contributed by atoms with Crippen molar-refractivity contribution in [1.29, 1.82) is 0 Å². The predicted molar refractivity (Wildman–Crippen MR) is 89.6 cm³/mol. The zero-order valence-electron chi connectivity index (χ0n) is 13.1. The van der Waals surface area contributed by atoms with Gasteiger partial charge in [-0.15, -0.1) is 0 Å². The monoisotopic (exact) mass is 351 g/mol. The first-order valence-electron chi connectivity index (χ1n) is 6.78. The van der Waals surface area contributed by atoms with Gasteiger partial charge >= 0.3 is 16.3 Å². The zero-order chi connectivity index (χ0) is 17.9. The van der Waals surface area contributed by atoms with Crippen molar-refractivity contribution in [3.8, 4) is 11.5 Å². The Bertz CT molecular complexity index is 867. The molecule has 0 saturated heterocycles. The molecule has 9 heteroatoms. The summed E-state index contributed by atoms with van der Waals surface area (Å²) in [6.07, 6.45) is 0. The Morgan fingerprint density at radius 2 is 1.79 bits per heavy atom. The van der Waals surface area contributed by atoms with Crippen LogP contribution >= 0.6 is 0 Å². The molecule has 0 saturated carbocycles. The number of nitrogens with two attached hydrogens (primary N) is 2. The molecule has 0 atom stereocenters. The lowest BCUT2D eigenvalue weighted by atomic mass is 10.1. The highest BCUT2D eigenvalue weighted by molar-refractivity contribution is 7.84. The summed E-state index contributed by atoms with van der Waals surface area (Å²) in [6.45, 7) is 1.76. The highest BCUT2D eigenvalue weighted by Gasteiger charge is 2.22. The van der Waals surface area contributed by atoms with E-state index >= 15 is 0 Å². The van der Waals surface area contributed by atoms with Crippen LogP contribution in [0.3, 0.4) is 0 Å². The van der Waals surface area contributed by atoms with Gasteiger partial charge in [-0.25, -0.2) is 4.79 Å². The van der Waals surface area contributed by atoms with Crippen LogP contribution in [-0.4, -0.2) is 21.6 Å². The van der Waals surface area contributed by atoms with Gasteiger partial charge in [-0.1, -0.05) is 12.1 Å². The van der Waals surface area contributed by atoms with Gasteiger partial charge in [0.05, 0.1) is 18.5 Å². The van der Waals surface area contributed by atoms with E-state index in [9.17, 15) is 13.2 Å². The Kier molecular flexibility index (Phi) is 4.96. The fraction of sp³-hybridized carbons (Fsp3) is 0.133. The molecular weight excluding hydrogens is 334 g/mol. The molecule has 0 bridgehead atoms. The predicted octanol–water partition coefficient (Wildman–Crippen LogP) is 1.80. The Labute approximate surface area is 139 Å². The summed E-state index contributed by atoms with van der Waals surface area (Å²) in [6, 6.07) is 10.2. The fourth-order valence-corrected chi connectivity index (χ4v) is 2.60. The van der Waals surface area contributed by atoms with E-state index in [0.29, 0.717) is 17.0 Å². The molecular formula is C15H17N3O5S. The number of para-hydroxylation sites is 2. The standard InChI is InChI=1S/C15H17N3O5S/c1-10-9-11(22-2)7-8-12(10)18(15(16)19)13-5-3-4-6-14(13)23-24(17,20)21/h3-9H,1-2H3,(H2,16,19)(H2,17,20,21). The number of carbonyl (C=O) groups excluding carboxylic acids is 1. The fourth-order valence-electron chi connectivity index (χ4n) is 2.21. The number of methoxy groups -OCH3 is 1. The van der Waals surface area contributed by atoms with Crippen molar-refractivity contribution in [3.05, 3.63) is 48.0 Å². The number of hydrogen-bond acceptors (Lipinski definition) is 5. The normalized spacial score (nSPS) is 11.0. The van der Waals surface area contributed by atoms with Crippen LogP contribution in [-0.2, 0) is 10.3 Å². The molecule has 0 unspecified atom stereocenters. The van der Waals surface area contributed by atoms with Crippen LogP contribution in [0.5, 0.6) is 11.5 Å². The molecule has 0 heterocycles. The quantitative estimate of drug-likeness (QED) is 0.849. The molecule has 128 valence electrons. The second-order valence-corrected chi connectivity index (χ2v) is 6.02. The number of benzene rings is 2. The van der Waals surface area contributed by atoms with E-state index in [2.05, 4.69) is 0 Å². The molecule has 0 aliphatic rings. The van der Waals surface area contributed by atoms with Crippen LogP contribution in [0.2, 0.25) is 0 Å². The van der Waals surface area contributed by atoms with Crippen LogP contribution < -0.4 is 24.7 Å². The number of carbonyl (C=O) groups is 1. The van der Waals surface area contributed by atoms with Crippen molar-refractivity contribution in [2.45, 2.75) is 6.92 Å². The van der Waals surface area contributed by atoms with Crippen LogP contribution in [0.1, 0.15) is 5.56 Å². The number of amides is 2. The van der Waals surface area contributed by atoms with Crippen molar-refractivity contribution in [1.82, 2.24) is 0 Å². The average Bonchev–Trinajstić information content (AvgIpc) is 2.49. The van der Waals surface area contributed by atoms with Crippen LogP contribution in [0.25, 0.3) is 0 Å². The number of rotatable bonds is 5. The molecule has 0 fully saturated rings. The molecule has 0 radical (unpaired) electrons. The van der Waals surface area contributed by atoms with Gasteiger partial charge in [-0.05, 0) is 42.8 Å². The molecule has 4 N–H and O–H groups in total. The van der Waals surface area contributed by atoms with Gasteiger partial charge in [0.15, 0.2) is 5.75 Å². The summed E-state index contributed by atoms with van der Waals surface area (Å²) in [5, 5.41) is 4.92. The molecule has 2 rings (SSSR count). The van der Waals surface area contributed by atoms with Gasteiger partial charge in [0.1, 0.15) is 5.75 Å². The highest BCUT2D eigenvalue weighted by atomic mass is 32.2. The summed E-state index contributed by atoms with van der Waals surface area (Å²) in [4.78, 5) is 13.1. The molecule has 0 spiro atoms. The first-order valence-corrected chi connectivity index (χ1v) is 8.25. The third-order valence-corrected chi connectivity index (χ3v) is 3.59. The van der Waals surface area contributed by atoms with Gasteiger partial charge in [0.2, 0.25) is 0 Å². The Morgan fingerprint density at radius 3 is 2.33 bits per heavy atom. The summed E-state index contributed by atoms with van der Waals surface area (Å²) in [5.74, 6) is 0.490. The first-order chi connectivity index (χ1) is 11.2. The number of aryl methyl sites for hydroxylation is 1. The van der Waals surface area contributed by atoms with E-state index in [1.807, 2.05) is 0 Å². The smallest absolute Gasteiger partial charge is 0.380 e. The number of nitrogens with zero attached hydrogens (tertiary/aromatic N) is 1. The first kappa shape index (κ1) is 17.6. The van der Waals surface area contributed by atoms with E-state index in [4.69, 9.17) is 19.8 Å². The maximum Gasteiger partial charge on any atom is 0.380 e. The van der Waals surface area contributed by atoms with Gasteiger partial charge < -0.3 is 14.7 Å². The Hall–Kier alpha value is -2.78. The number of primary amides is 1. The molecule has 8 nitrogen and oxygen atoms in total. The number of hydrogen-bond donors (Lipinski definition) is 2. The zero-order valence-corrected chi connectivity index (χ0v) is 13.9. The molecule has 0 aliphatic carbocycles. The van der Waals surface area contributed by atoms with E-state index in [1.54, 1.807) is 37.3 Å². The van der Waals surface area contributed by atoms with Gasteiger partial charge in [0, 0.05) is 0 Å². The molecule has 2 aromatic rings. The lowest BCUT2D eigenvalue weighted by Gasteiger charge is -2.24. The van der Waals surface area contributed by atoms with Gasteiger partial charge in [0.25, 0.3) is 0 Å². The van der Waals surface area contributed by atoms with Gasteiger partial charge in [-0.3, -0.25) is 4.90 Å². The maximum absolute atomic E-state index is 12.0. The van der Waals surface area contributed by atoms with Crippen molar-refractivity contribution in [3.63, 3.8) is 0 Å². The van der Waals surface area contributed by atoms with Crippen molar-refractivity contribution in [2.24, 2.45) is 10.9 Å². The van der Waals surface area contributed by atoms with E-state index in [0.717, 1.165) is 4.90 Å².